The van der Waals surface area contributed by atoms with Crippen molar-refractivity contribution in [3.8, 4) is 0 Å². The van der Waals surface area contributed by atoms with Gasteiger partial charge in [-0.15, -0.1) is 16.4 Å². The number of carbonyl (C=O) groups excluding carboxylic acids is 1. The Labute approximate surface area is 195 Å². The van der Waals surface area contributed by atoms with E-state index < -0.39 is 18.4 Å². The van der Waals surface area contributed by atoms with Crippen LogP contribution in [0, 0.1) is 10.8 Å². The van der Waals surface area contributed by atoms with Gasteiger partial charge < -0.3 is 9.80 Å². The third-order valence-electron chi connectivity index (χ3n) is 7.38. The second-order valence-corrected chi connectivity index (χ2v) is 11.4. The van der Waals surface area contributed by atoms with E-state index in [4.69, 9.17) is 0 Å². The molecule has 2 aromatic heterocycles. The van der Waals surface area contributed by atoms with Crippen molar-refractivity contribution in [2.75, 3.05) is 39.3 Å². The largest absolute Gasteiger partial charge is 0.453 e. The minimum absolute atomic E-state index is 0.0160. The molecule has 0 bridgehead atoms. The van der Waals surface area contributed by atoms with E-state index >= 15 is 0 Å². The number of aromatic nitrogens is 4. The molecule has 0 N–H and O–H groups in total. The van der Waals surface area contributed by atoms with Crippen molar-refractivity contribution in [1.29, 1.82) is 0 Å². The molecule has 1 saturated carbocycles. The lowest BCUT2D eigenvalue weighted by Crippen LogP contribution is -2.75. The van der Waals surface area contributed by atoms with E-state index in [0.29, 0.717) is 45.6 Å². The number of hydrogen-bond acceptors (Lipinski definition) is 6. The van der Waals surface area contributed by atoms with Crippen molar-refractivity contribution in [3.05, 3.63) is 28.2 Å². The topological polar surface area (TPSA) is 70.4 Å². The van der Waals surface area contributed by atoms with Crippen molar-refractivity contribution < 1.29 is 26.7 Å². The maximum absolute atomic E-state index is 12.8. The fourth-order valence-electron chi connectivity index (χ4n) is 5.89. The number of hydrogen-bond donors (Lipinski definition) is 0. The van der Waals surface area contributed by atoms with Crippen LogP contribution >= 0.6 is 11.3 Å². The van der Waals surface area contributed by atoms with Crippen molar-refractivity contribution in [1.82, 2.24) is 34.4 Å². The zero-order valence-corrected chi connectivity index (χ0v) is 18.8. The highest BCUT2D eigenvalue weighted by Gasteiger charge is 2.58. The summed E-state index contributed by atoms with van der Waals surface area (Å²) in [5.74, 6) is -1.12. The molecule has 2 amide bonds. The highest BCUT2D eigenvalue weighted by Crippen LogP contribution is 2.54. The molecule has 4 fully saturated rings. The van der Waals surface area contributed by atoms with Crippen LogP contribution in [0.2, 0.25) is 0 Å². The van der Waals surface area contributed by atoms with E-state index in [2.05, 4.69) is 20.0 Å². The van der Waals surface area contributed by atoms with Crippen molar-refractivity contribution in [2.45, 2.75) is 38.0 Å². The summed E-state index contributed by atoms with van der Waals surface area (Å²) in [4.78, 5) is 26.5. The normalized spacial score (nSPS) is 23.7. The summed E-state index contributed by atoms with van der Waals surface area (Å²) in [6, 6.07) is -0.0910. The number of thiazole rings is 1. The Morgan fingerprint density at radius 1 is 1.06 bits per heavy atom. The zero-order chi connectivity index (χ0) is 23.9. The first-order valence-electron chi connectivity index (χ1n) is 11.0. The summed E-state index contributed by atoms with van der Waals surface area (Å²) in [5.41, 5.74) is 0.0750. The standard InChI is InChI=1S/C20H22F5N7OS/c21-14(22)15-26-3-13(34-15)4-29-5-19(6-29)9-31(10-19)17(33)30-7-18(8-30)1-12(2-18)32-11-27-16(28-32)20(23,24)25/h3,11-12,14H,1-2,4-10H2. The van der Waals surface area contributed by atoms with Crippen molar-refractivity contribution >= 4 is 17.4 Å². The fraction of sp³-hybridized carbons (Fsp3) is 0.700. The quantitative estimate of drug-likeness (QED) is 0.600. The van der Waals surface area contributed by atoms with Gasteiger partial charge in [-0.3, -0.25) is 4.90 Å². The van der Waals surface area contributed by atoms with Gasteiger partial charge in [-0.2, -0.15) is 13.2 Å². The molecule has 0 aromatic carbocycles. The van der Waals surface area contributed by atoms with Gasteiger partial charge >= 0.3 is 12.2 Å². The summed E-state index contributed by atoms with van der Waals surface area (Å²) in [5, 5.41) is 3.41. The number of nitrogens with zero attached hydrogens (tertiary/aromatic N) is 7. The Bertz CT molecular complexity index is 1090. The first-order valence-corrected chi connectivity index (χ1v) is 11.8. The van der Waals surface area contributed by atoms with Crippen LogP contribution in [-0.4, -0.2) is 79.7 Å². The maximum Gasteiger partial charge on any atom is 0.453 e. The van der Waals surface area contributed by atoms with Gasteiger partial charge in [-0.25, -0.2) is 28.2 Å². The van der Waals surface area contributed by atoms with Gasteiger partial charge in [0.05, 0.1) is 6.04 Å². The average molecular weight is 504 g/mol. The summed E-state index contributed by atoms with van der Waals surface area (Å²) in [6.45, 7) is 4.90. The molecule has 5 heterocycles. The molecule has 0 unspecified atom stereocenters. The summed E-state index contributed by atoms with van der Waals surface area (Å²) >= 11 is 1.04. The van der Waals surface area contributed by atoms with Gasteiger partial charge in [0, 0.05) is 67.7 Å². The van der Waals surface area contributed by atoms with Crippen molar-refractivity contribution in [3.63, 3.8) is 0 Å². The van der Waals surface area contributed by atoms with E-state index in [-0.39, 0.29) is 27.9 Å². The van der Waals surface area contributed by atoms with Crippen LogP contribution in [0.15, 0.2) is 12.5 Å². The summed E-state index contributed by atoms with van der Waals surface area (Å²) < 4.78 is 64.7. The number of carbonyl (C=O) groups is 1. The highest BCUT2D eigenvalue weighted by atomic mass is 32.1. The molecule has 0 radical (unpaired) electrons. The Kier molecular flexibility index (Phi) is 4.77. The summed E-state index contributed by atoms with van der Waals surface area (Å²) in [7, 11) is 0. The van der Waals surface area contributed by atoms with Gasteiger partial charge in [0.15, 0.2) is 5.01 Å². The molecular formula is C20H22F5N7OS. The molecule has 0 atom stereocenters. The van der Waals surface area contributed by atoms with E-state index in [1.807, 2.05) is 9.80 Å². The van der Waals surface area contributed by atoms with E-state index in [9.17, 15) is 26.7 Å². The number of rotatable bonds is 4. The Hall–Kier alpha value is -2.35. The molecule has 3 aliphatic heterocycles. The third-order valence-corrected chi connectivity index (χ3v) is 8.36. The first-order chi connectivity index (χ1) is 16.0. The van der Waals surface area contributed by atoms with Crippen molar-refractivity contribution in [2.24, 2.45) is 10.8 Å². The predicted octanol–water partition coefficient (Wildman–Crippen LogP) is 3.27. The van der Waals surface area contributed by atoms with Gasteiger partial charge in [0.1, 0.15) is 6.33 Å². The first kappa shape index (κ1) is 22.1. The second kappa shape index (κ2) is 7.33. The minimum Gasteiger partial charge on any atom is -0.323 e. The van der Waals surface area contributed by atoms with E-state index in [1.165, 1.54) is 10.9 Å². The number of alkyl halides is 5. The SMILES string of the molecule is O=C(N1CC2(CC(n3cnc(C(F)(F)F)n3)C2)C1)N1CC2(CN(Cc3cnc(C(F)F)s3)C2)C1. The molecule has 34 heavy (non-hydrogen) atoms. The Morgan fingerprint density at radius 3 is 2.26 bits per heavy atom. The van der Waals surface area contributed by atoms with Crippen LogP contribution in [0.1, 0.15) is 41.0 Å². The zero-order valence-electron chi connectivity index (χ0n) is 18.0. The van der Waals surface area contributed by atoms with Crippen LogP contribution in [0.4, 0.5) is 26.7 Å². The van der Waals surface area contributed by atoms with Crippen LogP contribution < -0.4 is 0 Å². The molecule has 3 saturated heterocycles. The molecule has 1 aliphatic carbocycles. The lowest BCUT2D eigenvalue weighted by molar-refractivity contribution is -0.145. The van der Waals surface area contributed by atoms with Crippen LogP contribution in [-0.2, 0) is 12.7 Å². The van der Waals surface area contributed by atoms with Gasteiger partial charge in [-0.05, 0) is 12.8 Å². The Balaban J connectivity index is 0.926. The predicted molar refractivity (Wildman–Crippen MR) is 109 cm³/mol. The number of halogens is 5. The minimum atomic E-state index is -4.54. The van der Waals surface area contributed by atoms with Crippen LogP contribution in [0.5, 0.6) is 0 Å². The number of urea groups is 1. The molecule has 184 valence electrons. The van der Waals surface area contributed by atoms with Gasteiger partial charge in [-0.1, -0.05) is 0 Å². The molecular weight excluding hydrogens is 481 g/mol. The lowest BCUT2D eigenvalue weighted by atomic mass is 9.60. The number of amides is 2. The fourth-order valence-corrected chi connectivity index (χ4v) is 6.71. The molecule has 4 aliphatic rings. The maximum atomic E-state index is 12.8. The molecule has 8 nitrogen and oxygen atoms in total. The molecule has 2 spiro atoms. The van der Waals surface area contributed by atoms with Gasteiger partial charge in [0.2, 0.25) is 0 Å². The Morgan fingerprint density at radius 2 is 1.71 bits per heavy atom. The molecule has 14 heteroatoms. The van der Waals surface area contributed by atoms with E-state index in [0.717, 1.165) is 35.6 Å². The van der Waals surface area contributed by atoms with Gasteiger partial charge in [0.25, 0.3) is 12.2 Å². The average Bonchev–Trinajstić information content (AvgIpc) is 3.29. The van der Waals surface area contributed by atoms with Crippen LogP contribution in [0.3, 0.4) is 0 Å². The monoisotopic (exact) mass is 503 g/mol. The van der Waals surface area contributed by atoms with Crippen LogP contribution in [0.25, 0.3) is 0 Å². The highest BCUT2D eigenvalue weighted by molar-refractivity contribution is 7.11. The number of likely N-dealkylation sites (tertiary alicyclic amines) is 3. The molecule has 2 aromatic rings. The van der Waals surface area contributed by atoms with E-state index in [1.54, 1.807) is 0 Å². The lowest BCUT2D eigenvalue weighted by Gasteiger charge is -2.63. The second-order valence-electron chi connectivity index (χ2n) is 10.2. The third kappa shape index (κ3) is 3.65. The summed E-state index contributed by atoms with van der Waals surface area (Å²) in [6.07, 6.45) is -3.05. The smallest absolute Gasteiger partial charge is 0.323 e. The molecule has 6 rings (SSSR count).